The minimum atomic E-state index is -0.0339. The maximum Gasteiger partial charge on any atom is 0.261 e. The Morgan fingerprint density at radius 3 is 2.72 bits per heavy atom. The van der Waals surface area contributed by atoms with Crippen LogP contribution in [0.25, 0.3) is 10.9 Å². The standard InChI is InChI=1S/C22H26N4O2S/c1-17-5-2-7-19-21(17)23-16-26(22(19)28)9-3-8-20(27)25-12-10-24(11-13-25)15-18-6-4-14-29-18/h2,4-7,14,16H,3,8-13,15H2,1H3. The van der Waals surface area contributed by atoms with E-state index in [4.69, 9.17) is 0 Å². The Bertz CT molecular complexity index is 1040. The Morgan fingerprint density at radius 2 is 1.97 bits per heavy atom. The van der Waals surface area contributed by atoms with Gasteiger partial charge in [0.05, 0.1) is 17.2 Å². The van der Waals surface area contributed by atoms with Gasteiger partial charge in [0.1, 0.15) is 0 Å². The van der Waals surface area contributed by atoms with Crippen molar-refractivity contribution < 1.29 is 4.79 Å². The number of aryl methyl sites for hydroxylation is 2. The predicted octanol–water partition coefficient (Wildman–Crippen LogP) is 2.89. The summed E-state index contributed by atoms with van der Waals surface area (Å²) in [4.78, 5) is 35.4. The normalized spacial score (nSPS) is 15.1. The third-order valence-corrected chi connectivity index (χ3v) is 6.39. The highest BCUT2D eigenvalue weighted by Crippen LogP contribution is 2.14. The molecule has 1 fully saturated rings. The topological polar surface area (TPSA) is 58.4 Å². The second-order valence-electron chi connectivity index (χ2n) is 7.55. The molecule has 0 saturated carbocycles. The first kappa shape index (κ1) is 19.8. The molecule has 7 heteroatoms. The summed E-state index contributed by atoms with van der Waals surface area (Å²) in [7, 11) is 0. The van der Waals surface area contributed by atoms with E-state index in [9.17, 15) is 9.59 Å². The van der Waals surface area contributed by atoms with Crippen molar-refractivity contribution in [3.8, 4) is 0 Å². The summed E-state index contributed by atoms with van der Waals surface area (Å²) in [5.41, 5.74) is 1.72. The van der Waals surface area contributed by atoms with Gasteiger partial charge in [-0.25, -0.2) is 4.98 Å². The monoisotopic (exact) mass is 410 g/mol. The maximum absolute atomic E-state index is 12.6. The minimum absolute atomic E-state index is 0.0339. The van der Waals surface area contributed by atoms with Crippen molar-refractivity contribution in [2.45, 2.75) is 32.9 Å². The third kappa shape index (κ3) is 4.57. The summed E-state index contributed by atoms with van der Waals surface area (Å²) in [6.07, 6.45) is 2.71. The Hall–Kier alpha value is -2.51. The van der Waals surface area contributed by atoms with E-state index in [1.54, 1.807) is 22.2 Å². The fourth-order valence-corrected chi connectivity index (χ4v) is 4.58. The number of hydrogen-bond donors (Lipinski definition) is 0. The first-order valence-corrected chi connectivity index (χ1v) is 11.0. The lowest BCUT2D eigenvalue weighted by Gasteiger charge is -2.34. The average Bonchev–Trinajstić information content (AvgIpc) is 3.24. The van der Waals surface area contributed by atoms with Crippen LogP contribution in [0.5, 0.6) is 0 Å². The molecule has 0 bridgehead atoms. The number of carbonyl (C=O) groups is 1. The Labute approximate surface area is 174 Å². The number of nitrogens with zero attached hydrogens (tertiary/aromatic N) is 4. The summed E-state index contributed by atoms with van der Waals surface area (Å²) >= 11 is 1.78. The molecule has 1 aromatic carbocycles. The van der Waals surface area contributed by atoms with E-state index in [0.717, 1.165) is 43.8 Å². The highest BCUT2D eigenvalue weighted by molar-refractivity contribution is 7.09. The van der Waals surface area contributed by atoms with Gasteiger partial charge in [0.25, 0.3) is 5.56 Å². The lowest BCUT2D eigenvalue weighted by Crippen LogP contribution is -2.48. The number of carbonyl (C=O) groups excluding carboxylic acids is 1. The Morgan fingerprint density at radius 1 is 1.14 bits per heavy atom. The number of benzene rings is 1. The van der Waals surface area contributed by atoms with Gasteiger partial charge >= 0.3 is 0 Å². The number of rotatable bonds is 6. The molecule has 3 aromatic rings. The summed E-state index contributed by atoms with van der Waals surface area (Å²) in [6.45, 7) is 6.82. The van der Waals surface area contributed by atoms with E-state index in [2.05, 4.69) is 27.4 Å². The summed E-state index contributed by atoms with van der Waals surface area (Å²) in [6, 6.07) is 9.89. The molecule has 0 unspecified atom stereocenters. The number of aromatic nitrogens is 2. The van der Waals surface area contributed by atoms with Gasteiger partial charge < -0.3 is 4.90 Å². The van der Waals surface area contributed by atoms with Gasteiger partial charge in [-0.3, -0.25) is 19.1 Å². The largest absolute Gasteiger partial charge is 0.340 e. The molecule has 1 aliphatic heterocycles. The van der Waals surface area contributed by atoms with Crippen LogP contribution in [0.3, 0.4) is 0 Å². The molecule has 0 aliphatic carbocycles. The van der Waals surface area contributed by atoms with Gasteiger partial charge in [0.2, 0.25) is 5.91 Å². The van der Waals surface area contributed by atoms with Crippen LogP contribution in [0, 0.1) is 6.92 Å². The van der Waals surface area contributed by atoms with Crippen LogP contribution < -0.4 is 5.56 Å². The zero-order chi connectivity index (χ0) is 20.2. The molecule has 2 aromatic heterocycles. The van der Waals surface area contributed by atoms with Crippen molar-refractivity contribution in [3.63, 3.8) is 0 Å². The van der Waals surface area contributed by atoms with Crippen molar-refractivity contribution in [2.75, 3.05) is 26.2 Å². The first-order valence-electron chi connectivity index (χ1n) is 10.1. The minimum Gasteiger partial charge on any atom is -0.340 e. The molecule has 1 amide bonds. The number of hydrogen-bond acceptors (Lipinski definition) is 5. The van der Waals surface area contributed by atoms with Crippen molar-refractivity contribution in [1.29, 1.82) is 0 Å². The smallest absolute Gasteiger partial charge is 0.261 e. The van der Waals surface area contributed by atoms with E-state index < -0.39 is 0 Å². The molecule has 1 saturated heterocycles. The number of para-hydroxylation sites is 1. The quantitative estimate of drug-likeness (QED) is 0.627. The van der Waals surface area contributed by atoms with E-state index in [1.807, 2.05) is 30.0 Å². The number of fused-ring (bicyclic) bond motifs is 1. The van der Waals surface area contributed by atoms with Crippen LogP contribution >= 0.6 is 11.3 Å². The molecule has 4 rings (SSSR count). The van der Waals surface area contributed by atoms with Crippen molar-refractivity contribution in [2.24, 2.45) is 0 Å². The van der Waals surface area contributed by atoms with Gasteiger partial charge in [0.15, 0.2) is 0 Å². The molecule has 6 nitrogen and oxygen atoms in total. The highest BCUT2D eigenvalue weighted by Gasteiger charge is 2.21. The van der Waals surface area contributed by atoms with Gasteiger partial charge in [0, 0.05) is 50.6 Å². The molecular weight excluding hydrogens is 384 g/mol. The molecule has 0 spiro atoms. The summed E-state index contributed by atoms with van der Waals surface area (Å²) in [5, 5.41) is 2.74. The SMILES string of the molecule is Cc1cccc2c(=O)n(CCCC(=O)N3CCN(Cc4cccs4)CC3)cnc12. The predicted molar refractivity (Wildman–Crippen MR) is 116 cm³/mol. The number of piperazine rings is 1. The maximum atomic E-state index is 12.6. The van der Waals surface area contributed by atoms with Gasteiger partial charge in [-0.1, -0.05) is 18.2 Å². The fourth-order valence-electron chi connectivity index (χ4n) is 3.83. The van der Waals surface area contributed by atoms with E-state index in [-0.39, 0.29) is 11.5 Å². The second-order valence-corrected chi connectivity index (χ2v) is 8.59. The molecule has 0 radical (unpaired) electrons. The van der Waals surface area contributed by atoms with Crippen LogP contribution in [-0.2, 0) is 17.9 Å². The summed E-state index contributed by atoms with van der Waals surface area (Å²) in [5.74, 6) is 0.179. The van der Waals surface area contributed by atoms with E-state index >= 15 is 0 Å². The second kappa shape index (κ2) is 8.88. The zero-order valence-electron chi connectivity index (χ0n) is 16.7. The molecule has 3 heterocycles. The summed E-state index contributed by atoms with van der Waals surface area (Å²) < 4.78 is 1.62. The van der Waals surface area contributed by atoms with E-state index in [0.29, 0.717) is 24.8 Å². The van der Waals surface area contributed by atoms with Crippen LogP contribution in [0.2, 0.25) is 0 Å². The van der Waals surface area contributed by atoms with Crippen LogP contribution in [0.15, 0.2) is 46.8 Å². The van der Waals surface area contributed by atoms with Gasteiger partial charge in [-0.2, -0.15) is 0 Å². The zero-order valence-corrected chi connectivity index (χ0v) is 17.5. The molecule has 0 atom stereocenters. The van der Waals surface area contributed by atoms with E-state index in [1.165, 1.54) is 4.88 Å². The number of amides is 1. The first-order chi connectivity index (χ1) is 14.1. The van der Waals surface area contributed by atoms with Crippen LogP contribution in [-0.4, -0.2) is 51.4 Å². The molecule has 1 aliphatic rings. The molecule has 0 N–H and O–H groups in total. The average molecular weight is 411 g/mol. The Balaban J connectivity index is 1.27. The van der Waals surface area contributed by atoms with Crippen molar-refractivity contribution in [3.05, 3.63) is 62.8 Å². The Kier molecular flexibility index (Phi) is 6.06. The van der Waals surface area contributed by atoms with Crippen LogP contribution in [0.4, 0.5) is 0 Å². The lowest BCUT2D eigenvalue weighted by molar-refractivity contribution is -0.133. The van der Waals surface area contributed by atoms with Gasteiger partial charge in [-0.15, -0.1) is 11.3 Å². The number of thiophene rings is 1. The molecule has 152 valence electrons. The van der Waals surface area contributed by atoms with Crippen LogP contribution in [0.1, 0.15) is 23.3 Å². The lowest BCUT2D eigenvalue weighted by atomic mass is 10.1. The van der Waals surface area contributed by atoms with Crippen molar-refractivity contribution >= 4 is 28.1 Å². The molecular formula is C22H26N4O2S. The third-order valence-electron chi connectivity index (χ3n) is 5.53. The van der Waals surface area contributed by atoms with Gasteiger partial charge in [-0.05, 0) is 36.4 Å². The highest BCUT2D eigenvalue weighted by atomic mass is 32.1. The fraction of sp³-hybridized carbons (Fsp3) is 0.409. The molecule has 29 heavy (non-hydrogen) atoms. The van der Waals surface area contributed by atoms with Crippen molar-refractivity contribution in [1.82, 2.24) is 19.4 Å².